The smallest absolute Gasteiger partial charge is 0.152 e. The van der Waals surface area contributed by atoms with Crippen LogP contribution in [0.3, 0.4) is 0 Å². The van der Waals surface area contributed by atoms with Crippen molar-refractivity contribution in [2.24, 2.45) is 17.4 Å². The van der Waals surface area contributed by atoms with Crippen LogP contribution >= 0.6 is 23.7 Å². The standard InChI is InChI=1S/C16H27NS.C9H11NOS.C5H12N2.CH5N/c1-14(2)8-6-4-5-7-13-18-16-11-9-15(17-3)10-12-16;1-10(12-2)9-6-4-3-5-8(9)7-11;1-7-3-2-5(6)4-7;1-2/h9-12,14,17H,4-8,13H2,1-3H3;3-7H,1-2H3;5H,2-4,6H2,1H3;2H2,1H3. The van der Waals surface area contributed by atoms with Crippen LogP contribution in [0.5, 0.6) is 0 Å². The highest BCUT2D eigenvalue weighted by molar-refractivity contribution is 8.00. The summed E-state index contributed by atoms with van der Waals surface area (Å²) >= 11 is 3.56. The van der Waals surface area contributed by atoms with E-state index < -0.39 is 0 Å². The van der Waals surface area contributed by atoms with Crippen LogP contribution in [-0.4, -0.2) is 70.5 Å². The van der Waals surface area contributed by atoms with Crippen molar-refractivity contribution < 1.29 is 4.79 Å². The molecule has 5 N–H and O–H groups in total. The molecule has 222 valence electrons. The molecule has 3 rings (SSSR count). The second kappa shape index (κ2) is 24.1. The number of nitrogens with two attached hydrogens (primary N) is 2. The van der Waals surface area contributed by atoms with Gasteiger partial charge in [-0.1, -0.05) is 63.6 Å². The average molecular weight is 578 g/mol. The van der Waals surface area contributed by atoms with E-state index in [4.69, 9.17) is 5.73 Å². The maximum atomic E-state index is 10.6. The number of hydrogen-bond acceptors (Lipinski definition) is 8. The number of benzene rings is 2. The first-order valence-corrected chi connectivity index (χ1v) is 16.2. The number of anilines is 2. The van der Waals surface area contributed by atoms with Gasteiger partial charge in [0.15, 0.2) is 6.29 Å². The lowest BCUT2D eigenvalue weighted by Gasteiger charge is -2.16. The number of rotatable bonds is 12. The Balaban J connectivity index is 0.000000588. The Morgan fingerprint density at radius 2 is 1.72 bits per heavy atom. The minimum Gasteiger partial charge on any atom is -0.388 e. The highest BCUT2D eigenvalue weighted by Crippen LogP contribution is 2.22. The second-order valence-electron chi connectivity index (χ2n) is 9.89. The Labute approximate surface area is 248 Å². The number of carbonyl (C=O) groups excluding carboxylic acids is 1. The molecule has 2 aromatic carbocycles. The van der Waals surface area contributed by atoms with Crippen LogP contribution < -0.4 is 21.1 Å². The molecule has 0 saturated carbocycles. The number of carbonyl (C=O) groups is 1. The van der Waals surface area contributed by atoms with Gasteiger partial charge in [0, 0.05) is 49.1 Å². The zero-order valence-electron chi connectivity index (χ0n) is 25.5. The second-order valence-corrected chi connectivity index (χ2v) is 12.0. The van der Waals surface area contributed by atoms with E-state index in [0.717, 1.165) is 30.0 Å². The Morgan fingerprint density at radius 3 is 2.21 bits per heavy atom. The van der Waals surface area contributed by atoms with Crippen molar-refractivity contribution in [3.8, 4) is 0 Å². The minimum atomic E-state index is 0.449. The maximum absolute atomic E-state index is 10.6. The molecule has 1 saturated heterocycles. The third-order valence-corrected chi connectivity index (χ3v) is 8.03. The summed E-state index contributed by atoms with van der Waals surface area (Å²) in [6.07, 6.45) is 10.9. The number of para-hydroxylation sites is 1. The summed E-state index contributed by atoms with van der Waals surface area (Å²) in [5, 5.41) is 3.14. The molecular weight excluding hydrogens is 523 g/mol. The van der Waals surface area contributed by atoms with Gasteiger partial charge in [0.05, 0.1) is 5.69 Å². The summed E-state index contributed by atoms with van der Waals surface area (Å²) in [4.78, 5) is 14.3. The zero-order valence-corrected chi connectivity index (χ0v) is 27.1. The monoisotopic (exact) mass is 577 g/mol. The van der Waals surface area contributed by atoms with Crippen LogP contribution in [0.25, 0.3) is 0 Å². The van der Waals surface area contributed by atoms with E-state index in [1.807, 2.05) is 60.7 Å². The third-order valence-electron chi connectivity index (χ3n) is 6.19. The SMILES string of the molecule is CN.CN1CCC(N)C1.CNc1ccc(SCCCCCCC(C)C)cc1.CSN(C)c1ccccc1C=O. The molecule has 0 aromatic heterocycles. The Kier molecular flexibility index (Phi) is 23.1. The summed E-state index contributed by atoms with van der Waals surface area (Å²) in [5.74, 6) is 2.12. The summed E-state index contributed by atoms with van der Waals surface area (Å²) in [7, 11) is 7.50. The molecule has 1 aliphatic heterocycles. The van der Waals surface area contributed by atoms with E-state index in [-0.39, 0.29) is 0 Å². The number of hydrogen-bond donors (Lipinski definition) is 3. The molecule has 1 heterocycles. The molecular formula is C31H55N5OS2. The number of aldehydes is 1. The molecule has 39 heavy (non-hydrogen) atoms. The van der Waals surface area contributed by atoms with Gasteiger partial charge in [0.1, 0.15) is 0 Å². The van der Waals surface area contributed by atoms with E-state index in [1.165, 1.54) is 68.5 Å². The molecule has 1 atom stereocenters. The Bertz CT molecular complexity index is 843. The first kappa shape index (κ1) is 37.3. The number of thioether (sulfide) groups is 1. The lowest BCUT2D eigenvalue weighted by atomic mass is 10.0. The Morgan fingerprint density at radius 1 is 1.08 bits per heavy atom. The predicted octanol–water partition coefficient (Wildman–Crippen LogP) is 6.86. The Hall–Kier alpha value is -1.71. The zero-order chi connectivity index (χ0) is 29.5. The van der Waals surface area contributed by atoms with Crippen LogP contribution in [0.2, 0.25) is 0 Å². The number of nitrogens with one attached hydrogen (secondary N) is 1. The van der Waals surface area contributed by atoms with Crippen LogP contribution in [0.15, 0.2) is 53.4 Å². The summed E-state index contributed by atoms with van der Waals surface area (Å²) in [5.41, 5.74) is 13.0. The molecule has 0 aliphatic carbocycles. The molecule has 0 bridgehead atoms. The van der Waals surface area contributed by atoms with E-state index in [9.17, 15) is 4.79 Å². The van der Waals surface area contributed by atoms with Gasteiger partial charge in [-0.05, 0) is 81.6 Å². The van der Waals surface area contributed by atoms with Crippen LogP contribution in [0.1, 0.15) is 62.7 Å². The lowest BCUT2D eigenvalue weighted by Crippen LogP contribution is -2.23. The van der Waals surface area contributed by atoms with Gasteiger partial charge in [-0.15, -0.1) is 11.8 Å². The van der Waals surface area contributed by atoms with Crippen molar-refractivity contribution in [1.82, 2.24) is 4.90 Å². The van der Waals surface area contributed by atoms with Crippen molar-refractivity contribution in [3.63, 3.8) is 0 Å². The summed E-state index contributed by atoms with van der Waals surface area (Å²) in [6, 6.07) is 16.7. The van der Waals surface area contributed by atoms with Gasteiger partial charge in [0.2, 0.25) is 0 Å². The molecule has 6 nitrogen and oxygen atoms in total. The minimum absolute atomic E-state index is 0.449. The first-order chi connectivity index (χ1) is 18.8. The summed E-state index contributed by atoms with van der Waals surface area (Å²) in [6.45, 7) is 6.89. The first-order valence-electron chi connectivity index (χ1n) is 14.0. The van der Waals surface area contributed by atoms with Crippen molar-refractivity contribution in [1.29, 1.82) is 0 Å². The van der Waals surface area contributed by atoms with Crippen molar-refractivity contribution in [2.75, 3.05) is 62.9 Å². The van der Waals surface area contributed by atoms with E-state index in [1.54, 1.807) is 11.9 Å². The maximum Gasteiger partial charge on any atom is 0.152 e. The van der Waals surface area contributed by atoms with Crippen molar-refractivity contribution in [2.45, 2.75) is 63.3 Å². The van der Waals surface area contributed by atoms with Gasteiger partial charge < -0.3 is 26.0 Å². The fourth-order valence-corrected chi connectivity index (χ4v) is 5.13. The average Bonchev–Trinajstić information content (AvgIpc) is 3.36. The van der Waals surface area contributed by atoms with Gasteiger partial charge in [-0.25, -0.2) is 0 Å². The molecule has 1 fully saturated rings. The lowest BCUT2D eigenvalue weighted by molar-refractivity contribution is 0.112. The molecule has 1 aliphatic rings. The highest BCUT2D eigenvalue weighted by Gasteiger charge is 2.13. The topological polar surface area (TPSA) is 87.6 Å². The molecule has 1 unspecified atom stereocenters. The number of nitrogens with zero attached hydrogens (tertiary/aromatic N) is 2. The van der Waals surface area contributed by atoms with Gasteiger partial charge >= 0.3 is 0 Å². The van der Waals surface area contributed by atoms with E-state index in [0.29, 0.717) is 6.04 Å². The third kappa shape index (κ3) is 18.3. The molecule has 0 radical (unpaired) electrons. The van der Waals surface area contributed by atoms with Gasteiger partial charge in [-0.2, -0.15) is 0 Å². The fourth-order valence-electron chi connectivity index (χ4n) is 3.86. The van der Waals surface area contributed by atoms with Crippen LogP contribution in [-0.2, 0) is 0 Å². The quantitative estimate of drug-likeness (QED) is 0.109. The summed E-state index contributed by atoms with van der Waals surface area (Å²) < 4.78 is 1.96. The predicted molar refractivity (Wildman–Crippen MR) is 179 cm³/mol. The van der Waals surface area contributed by atoms with Crippen LogP contribution in [0, 0.1) is 5.92 Å². The largest absolute Gasteiger partial charge is 0.388 e. The molecule has 0 spiro atoms. The van der Waals surface area contributed by atoms with Gasteiger partial charge in [0.25, 0.3) is 0 Å². The van der Waals surface area contributed by atoms with Gasteiger partial charge in [-0.3, -0.25) is 4.79 Å². The van der Waals surface area contributed by atoms with Crippen molar-refractivity contribution >= 4 is 41.4 Å². The van der Waals surface area contributed by atoms with E-state index in [2.05, 4.69) is 61.1 Å². The molecule has 2 aromatic rings. The normalized spacial score (nSPS) is 14.3. The van der Waals surface area contributed by atoms with Crippen LogP contribution in [0.4, 0.5) is 11.4 Å². The van der Waals surface area contributed by atoms with E-state index >= 15 is 0 Å². The van der Waals surface area contributed by atoms with Crippen molar-refractivity contribution in [3.05, 3.63) is 54.1 Å². The molecule has 8 heteroatoms. The number of likely N-dealkylation sites (N-methyl/N-ethyl adjacent to an activating group) is 1. The molecule has 0 amide bonds. The number of unbranched alkanes of at least 4 members (excludes halogenated alkanes) is 3. The highest BCUT2D eigenvalue weighted by atomic mass is 32.2. The number of likely N-dealkylation sites (tertiary alicyclic amines) is 1. The fraction of sp³-hybridized carbons (Fsp3) is 0.581.